The van der Waals surface area contributed by atoms with Gasteiger partial charge in [0.1, 0.15) is 0 Å². The number of aryl methyl sites for hydroxylation is 2. The van der Waals surface area contributed by atoms with Crippen LogP contribution in [0.25, 0.3) is 21.7 Å². The van der Waals surface area contributed by atoms with Crippen molar-refractivity contribution in [1.29, 1.82) is 0 Å². The van der Waals surface area contributed by atoms with Gasteiger partial charge in [0.05, 0.1) is 5.52 Å². The minimum atomic E-state index is 1.06. The van der Waals surface area contributed by atoms with Crippen LogP contribution in [-0.4, -0.2) is 9.97 Å². The quantitative estimate of drug-likeness (QED) is 0.587. The van der Waals surface area contributed by atoms with Gasteiger partial charge < -0.3 is 4.98 Å². The highest BCUT2D eigenvalue weighted by Gasteiger charge is 2.03. The maximum Gasteiger partial charge on any atom is 0.0551 e. The molecule has 0 aliphatic carbocycles. The number of aromatic nitrogens is 2. The zero-order valence-electron chi connectivity index (χ0n) is 8.83. The number of nitrogens with one attached hydrogen (secondary N) is 1. The summed E-state index contributed by atoms with van der Waals surface area (Å²) in [5.74, 6) is 0. The molecule has 0 unspecified atom stereocenters. The van der Waals surface area contributed by atoms with E-state index in [1.54, 1.807) is 0 Å². The highest BCUT2D eigenvalue weighted by atomic mass is 14.7. The van der Waals surface area contributed by atoms with Crippen LogP contribution in [0.4, 0.5) is 0 Å². The molecule has 0 atom stereocenters. The summed E-state index contributed by atoms with van der Waals surface area (Å²) in [7, 11) is 0. The van der Waals surface area contributed by atoms with Crippen molar-refractivity contribution in [1.82, 2.24) is 9.97 Å². The Morgan fingerprint density at radius 2 is 1.87 bits per heavy atom. The van der Waals surface area contributed by atoms with Gasteiger partial charge in [-0.2, -0.15) is 0 Å². The largest absolute Gasteiger partial charge is 0.358 e. The minimum Gasteiger partial charge on any atom is -0.358 e. The van der Waals surface area contributed by atoms with Gasteiger partial charge >= 0.3 is 0 Å². The molecule has 2 heteroatoms. The minimum absolute atomic E-state index is 1.06. The van der Waals surface area contributed by atoms with Crippen LogP contribution in [0.1, 0.15) is 11.4 Å². The number of aromatic amines is 1. The zero-order valence-corrected chi connectivity index (χ0v) is 8.83. The van der Waals surface area contributed by atoms with E-state index in [2.05, 4.69) is 41.2 Å². The van der Waals surface area contributed by atoms with Crippen LogP contribution in [0.2, 0.25) is 0 Å². The predicted molar refractivity (Wildman–Crippen MR) is 63.1 cm³/mol. The van der Waals surface area contributed by atoms with Gasteiger partial charge in [-0.1, -0.05) is 12.1 Å². The van der Waals surface area contributed by atoms with Gasteiger partial charge in [0, 0.05) is 28.4 Å². The van der Waals surface area contributed by atoms with Gasteiger partial charge in [-0.05, 0) is 31.4 Å². The second kappa shape index (κ2) is 2.83. The third kappa shape index (κ3) is 1.22. The molecule has 2 aromatic heterocycles. The van der Waals surface area contributed by atoms with Crippen molar-refractivity contribution in [2.75, 3.05) is 0 Å². The van der Waals surface area contributed by atoms with Crippen molar-refractivity contribution in [3.05, 3.63) is 41.9 Å². The number of hydrogen-bond acceptors (Lipinski definition) is 1. The monoisotopic (exact) mass is 196 g/mol. The van der Waals surface area contributed by atoms with Crippen LogP contribution >= 0.6 is 0 Å². The van der Waals surface area contributed by atoms with Crippen molar-refractivity contribution in [2.24, 2.45) is 0 Å². The Kier molecular flexibility index (Phi) is 1.60. The van der Waals surface area contributed by atoms with Crippen LogP contribution in [0.15, 0.2) is 30.5 Å². The van der Waals surface area contributed by atoms with Gasteiger partial charge in [-0.25, -0.2) is 0 Å². The molecular formula is C13H12N2. The van der Waals surface area contributed by atoms with Crippen molar-refractivity contribution in [2.45, 2.75) is 13.8 Å². The fourth-order valence-electron chi connectivity index (χ4n) is 2.07. The number of rotatable bonds is 0. The van der Waals surface area contributed by atoms with Gasteiger partial charge in [-0.15, -0.1) is 0 Å². The van der Waals surface area contributed by atoms with E-state index in [9.17, 15) is 0 Å². The molecule has 0 bridgehead atoms. The summed E-state index contributed by atoms with van der Waals surface area (Å²) in [5.41, 5.74) is 3.45. The Labute approximate surface area is 88.0 Å². The maximum absolute atomic E-state index is 4.35. The lowest BCUT2D eigenvalue weighted by Gasteiger charge is -2.00. The molecule has 3 rings (SSSR count). The van der Waals surface area contributed by atoms with Crippen LogP contribution in [0.3, 0.4) is 0 Å². The van der Waals surface area contributed by atoms with Crippen molar-refractivity contribution in [3.8, 4) is 0 Å². The molecule has 2 nitrogen and oxygen atoms in total. The van der Waals surface area contributed by atoms with Gasteiger partial charge in [0.15, 0.2) is 0 Å². The molecule has 0 amide bonds. The first-order chi connectivity index (χ1) is 7.24. The van der Waals surface area contributed by atoms with E-state index in [1.807, 2.05) is 13.1 Å². The second-order valence-electron chi connectivity index (χ2n) is 4.03. The van der Waals surface area contributed by atoms with E-state index in [0.29, 0.717) is 0 Å². The molecule has 0 aliphatic rings. The van der Waals surface area contributed by atoms with E-state index in [1.165, 1.54) is 27.4 Å². The molecule has 2 heterocycles. The lowest BCUT2D eigenvalue weighted by atomic mass is 10.1. The third-order valence-corrected chi connectivity index (χ3v) is 2.77. The smallest absolute Gasteiger partial charge is 0.0551 e. The molecule has 0 saturated heterocycles. The van der Waals surface area contributed by atoms with E-state index < -0.39 is 0 Å². The molecule has 0 spiro atoms. The van der Waals surface area contributed by atoms with E-state index >= 15 is 0 Å². The number of pyridine rings is 1. The van der Waals surface area contributed by atoms with Gasteiger partial charge in [0.2, 0.25) is 0 Å². The normalized spacial score (nSPS) is 11.3. The molecule has 0 saturated carbocycles. The first-order valence-electron chi connectivity index (χ1n) is 5.09. The molecule has 1 aromatic carbocycles. The highest BCUT2D eigenvalue weighted by molar-refractivity contribution is 6.05. The summed E-state index contributed by atoms with van der Waals surface area (Å²) < 4.78 is 0. The summed E-state index contributed by atoms with van der Waals surface area (Å²) >= 11 is 0. The average molecular weight is 196 g/mol. The summed E-state index contributed by atoms with van der Waals surface area (Å²) in [4.78, 5) is 7.73. The van der Waals surface area contributed by atoms with E-state index in [0.717, 1.165) is 5.69 Å². The van der Waals surface area contributed by atoms with E-state index in [-0.39, 0.29) is 0 Å². The first kappa shape index (κ1) is 8.48. The standard InChI is InChI=1S/C13H12N2/c1-8-5-10-3-4-11-6-9(2)15-13(11)12(10)7-14-8/h3-7,15H,1-2H3. The van der Waals surface area contributed by atoms with Crippen LogP contribution < -0.4 is 0 Å². The van der Waals surface area contributed by atoms with Gasteiger partial charge in [-0.3, -0.25) is 4.98 Å². The number of fused-ring (bicyclic) bond motifs is 3. The number of benzene rings is 1. The summed E-state index contributed by atoms with van der Waals surface area (Å²) in [5, 5.41) is 3.70. The summed E-state index contributed by atoms with van der Waals surface area (Å²) in [6.45, 7) is 4.09. The number of H-pyrrole nitrogens is 1. The summed E-state index contributed by atoms with van der Waals surface area (Å²) in [6.07, 6.45) is 1.95. The van der Waals surface area contributed by atoms with Crippen LogP contribution in [0.5, 0.6) is 0 Å². The molecule has 0 radical (unpaired) electrons. The molecular weight excluding hydrogens is 184 g/mol. The molecule has 0 aliphatic heterocycles. The topological polar surface area (TPSA) is 28.7 Å². The Hall–Kier alpha value is -1.83. The lowest BCUT2D eigenvalue weighted by Crippen LogP contribution is -1.82. The lowest BCUT2D eigenvalue weighted by molar-refractivity contribution is 1.22. The first-order valence-corrected chi connectivity index (χ1v) is 5.09. The Bertz CT molecular complexity index is 650. The van der Waals surface area contributed by atoms with E-state index in [4.69, 9.17) is 0 Å². The highest BCUT2D eigenvalue weighted by Crippen LogP contribution is 2.25. The maximum atomic E-state index is 4.35. The second-order valence-corrected chi connectivity index (χ2v) is 4.03. The molecule has 74 valence electrons. The summed E-state index contributed by atoms with van der Waals surface area (Å²) in [6, 6.07) is 8.58. The Balaban J connectivity index is 2.53. The zero-order chi connectivity index (χ0) is 10.4. The Morgan fingerprint density at radius 1 is 1.07 bits per heavy atom. The molecule has 0 fully saturated rings. The van der Waals surface area contributed by atoms with Crippen LogP contribution in [-0.2, 0) is 0 Å². The van der Waals surface area contributed by atoms with Crippen molar-refractivity contribution < 1.29 is 0 Å². The van der Waals surface area contributed by atoms with Crippen molar-refractivity contribution in [3.63, 3.8) is 0 Å². The third-order valence-electron chi connectivity index (χ3n) is 2.77. The SMILES string of the molecule is Cc1cc2ccc3cc(C)[nH]c3c2cn1. The number of hydrogen-bond donors (Lipinski definition) is 1. The number of nitrogens with zero attached hydrogens (tertiary/aromatic N) is 1. The predicted octanol–water partition coefficient (Wildman–Crippen LogP) is 3.33. The molecule has 3 aromatic rings. The molecule has 15 heavy (non-hydrogen) atoms. The fourth-order valence-corrected chi connectivity index (χ4v) is 2.07. The van der Waals surface area contributed by atoms with Crippen LogP contribution in [0, 0.1) is 13.8 Å². The average Bonchev–Trinajstić information content (AvgIpc) is 2.58. The Morgan fingerprint density at radius 3 is 2.73 bits per heavy atom. The molecule has 1 N–H and O–H groups in total. The fraction of sp³-hybridized carbons (Fsp3) is 0.154. The van der Waals surface area contributed by atoms with Crippen molar-refractivity contribution >= 4 is 21.7 Å². The van der Waals surface area contributed by atoms with Gasteiger partial charge in [0.25, 0.3) is 0 Å².